The third-order valence-electron chi connectivity index (χ3n) is 5.27. The number of likely N-dealkylation sites (tertiary alicyclic amines) is 1. The van der Waals surface area contributed by atoms with Gasteiger partial charge in [0.15, 0.2) is 11.5 Å². The van der Waals surface area contributed by atoms with Crippen LogP contribution in [0.2, 0.25) is 5.02 Å². The molecule has 1 aromatic heterocycles. The van der Waals surface area contributed by atoms with Crippen molar-refractivity contribution in [1.29, 1.82) is 0 Å². The maximum Gasteiger partial charge on any atom is 0.519 e. The van der Waals surface area contributed by atoms with Crippen LogP contribution >= 0.6 is 11.6 Å². The number of hydrogen-bond donors (Lipinski definition) is 0. The summed E-state index contributed by atoms with van der Waals surface area (Å²) < 4.78 is 10.6. The van der Waals surface area contributed by atoms with Gasteiger partial charge in [-0.3, -0.25) is 0 Å². The second-order valence-electron chi connectivity index (χ2n) is 6.99. The Balaban J connectivity index is 1.37. The molecule has 0 spiro atoms. The Labute approximate surface area is 163 Å². The lowest BCUT2D eigenvalue weighted by molar-refractivity contribution is 0.210. The van der Waals surface area contributed by atoms with Crippen molar-refractivity contribution in [1.82, 2.24) is 4.90 Å². The lowest BCUT2D eigenvalue weighted by atomic mass is 9.89. The second-order valence-corrected chi connectivity index (χ2v) is 7.43. The smallest absolute Gasteiger partial charge is 0.395 e. The van der Waals surface area contributed by atoms with Crippen LogP contribution in [0.15, 0.2) is 68.2 Å². The Bertz CT molecular complexity index is 922. The van der Waals surface area contributed by atoms with Gasteiger partial charge in [-0.05, 0) is 61.7 Å². The molecule has 0 unspecified atom stereocenters. The van der Waals surface area contributed by atoms with E-state index in [2.05, 4.69) is 35.2 Å². The molecule has 2 aromatic carbocycles. The van der Waals surface area contributed by atoms with E-state index >= 15 is 0 Å². The fourth-order valence-corrected chi connectivity index (χ4v) is 3.89. The number of hydrogen-bond acceptors (Lipinski definition) is 4. The molecule has 140 valence electrons. The van der Waals surface area contributed by atoms with Crippen LogP contribution in [0.4, 0.5) is 0 Å². The van der Waals surface area contributed by atoms with Gasteiger partial charge in [0.25, 0.3) is 0 Å². The molecule has 0 atom stereocenters. The predicted octanol–water partition coefficient (Wildman–Crippen LogP) is 4.98. The first-order valence-electron chi connectivity index (χ1n) is 9.35. The lowest BCUT2D eigenvalue weighted by Crippen LogP contribution is -2.34. The molecule has 1 saturated heterocycles. The van der Waals surface area contributed by atoms with Crippen molar-refractivity contribution < 1.29 is 8.83 Å². The van der Waals surface area contributed by atoms with Crippen molar-refractivity contribution in [3.05, 3.63) is 81.6 Å². The summed E-state index contributed by atoms with van der Waals surface area (Å²) in [5, 5.41) is 0.646. The first-order chi connectivity index (χ1) is 13.2. The van der Waals surface area contributed by atoms with E-state index in [1.54, 1.807) is 12.1 Å². The molecule has 0 N–H and O–H groups in total. The summed E-state index contributed by atoms with van der Waals surface area (Å²) in [5.41, 5.74) is 2.24. The molecule has 27 heavy (non-hydrogen) atoms. The van der Waals surface area contributed by atoms with Gasteiger partial charge in [0.05, 0.1) is 0 Å². The molecule has 5 heteroatoms. The van der Waals surface area contributed by atoms with E-state index in [9.17, 15) is 4.79 Å². The van der Waals surface area contributed by atoms with E-state index < -0.39 is 5.82 Å². The third-order valence-corrected chi connectivity index (χ3v) is 5.52. The van der Waals surface area contributed by atoms with Crippen molar-refractivity contribution in [2.75, 3.05) is 19.6 Å². The van der Waals surface area contributed by atoms with Crippen LogP contribution in [0.3, 0.4) is 0 Å². The normalized spacial score (nSPS) is 15.9. The average molecular weight is 384 g/mol. The SMILES string of the molecule is O=c1oc(CCN2CCC(c3ccccc3)CC2)c(-c2ccc(Cl)cc2)o1. The molecule has 2 heterocycles. The first kappa shape index (κ1) is 18.1. The van der Waals surface area contributed by atoms with Gasteiger partial charge in [0.1, 0.15) is 0 Å². The molecule has 0 bridgehead atoms. The van der Waals surface area contributed by atoms with E-state index in [0.29, 0.717) is 28.9 Å². The van der Waals surface area contributed by atoms with E-state index in [1.807, 2.05) is 12.1 Å². The van der Waals surface area contributed by atoms with E-state index in [-0.39, 0.29) is 0 Å². The van der Waals surface area contributed by atoms with Gasteiger partial charge in [-0.1, -0.05) is 41.9 Å². The second kappa shape index (κ2) is 8.15. The van der Waals surface area contributed by atoms with Crippen LogP contribution in [0.5, 0.6) is 0 Å². The summed E-state index contributed by atoms with van der Waals surface area (Å²) in [6, 6.07) is 18.0. The van der Waals surface area contributed by atoms with Gasteiger partial charge in [-0.15, -0.1) is 0 Å². The molecule has 1 fully saturated rings. The van der Waals surface area contributed by atoms with Gasteiger partial charge >= 0.3 is 5.82 Å². The fraction of sp³-hybridized carbons (Fsp3) is 0.318. The first-order valence-corrected chi connectivity index (χ1v) is 9.73. The molecule has 3 aromatic rings. The highest BCUT2D eigenvalue weighted by Gasteiger charge is 2.22. The minimum atomic E-state index is -0.655. The average Bonchev–Trinajstić information content (AvgIpc) is 3.08. The fourth-order valence-electron chi connectivity index (χ4n) is 3.77. The minimum Gasteiger partial charge on any atom is -0.395 e. The molecule has 4 nitrogen and oxygen atoms in total. The molecule has 1 aliphatic heterocycles. The van der Waals surface area contributed by atoms with Gasteiger partial charge < -0.3 is 13.7 Å². The largest absolute Gasteiger partial charge is 0.519 e. The monoisotopic (exact) mass is 383 g/mol. The predicted molar refractivity (Wildman–Crippen MR) is 106 cm³/mol. The molecule has 0 saturated carbocycles. The summed E-state index contributed by atoms with van der Waals surface area (Å²) in [5.74, 6) is 1.10. The summed E-state index contributed by atoms with van der Waals surface area (Å²) >= 11 is 5.94. The Morgan fingerprint density at radius 2 is 1.67 bits per heavy atom. The molecular weight excluding hydrogens is 362 g/mol. The molecule has 0 aliphatic carbocycles. The third kappa shape index (κ3) is 4.34. The van der Waals surface area contributed by atoms with Crippen LogP contribution in [-0.4, -0.2) is 24.5 Å². The summed E-state index contributed by atoms with van der Waals surface area (Å²) in [6.45, 7) is 2.96. The zero-order valence-corrected chi connectivity index (χ0v) is 15.8. The number of benzene rings is 2. The Morgan fingerprint density at radius 1 is 0.963 bits per heavy atom. The van der Waals surface area contributed by atoms with Crippen molar-refractivity contribution in [3.8, 4) is 11.3 Å². The van der Waals surface area contributed by atoms with Gasteiger partial charge in [0, 0.05) is 23.6 Å². The molecule has 0 radical (unpaired) electrons. The van der Waals surface area contributed by atoms with Crippen LogP contribution in [0.1, 0.15) is 30.1 Å². The van der Waals surface area contributed by atoms with Crippen LogP contribution in [0.25, 0.3) is 11.3 Å². The number of piperidine rings is 1. The van der Waals surface area contributed by atoms with Crippen molar-refractivity contribution in [2.45, 2.75) is 25.2 Å². The Kier molecular flexibility index (Phi) is 5.46. The quantitative estimate of drug-likeness (QED) is 0.623. The Hall–Kier alpha value is -2.30. The number of rotatable bonds is 5. The van der Waals surface area contributed by atoms with Gasteiger partial charge in [-0.2, -0.15) is 0 Å². The van der Waals surface area contributed by atoms with E-state index in [4.69, 9.17) is 20.4 Å². The summed E-state index contributed by atoms with van der Waals surface area (Å²) in [4.78, 5) is 14.1. The van der Waals surface area contributed by atoms with Crippen molar-refractivity contribution in [3.63, 3.8) is 0 Å². The Morgan fingerprint density at radius 3 is 2.37 bits per heavy atom. The summed E-state index contributed by atoms with van der Waals surface area (Å²) in [7, 11) is 0. The summed E-state index contributed by atoms with van der Waals surface area (Å²) in [6.07, 6.45) is 2.96. The topological polar surface area (TPSA) is 46.6 Å². The highest BCUT2D eigenvalue weighted by atomic mass is 35.5. The molecule has 4 rings (SSSR count). The van der Waals surface area contributed by atoms with Crippen LogP contribution in [0, 0.1) is 0 Å². The number of nitrogens with zero attached hydrogens (tertiary/aromatic N) is 1. The van der Waals surface area contributed by atoms with Crippen LogP contribution in [-0.2, 0) is 6.42 Å². The minimum absolute atomic E-state index is 0.510. The van der Waals surface area contributed by atoms with Crippen molar-refractivity contribution in [2.24, 2.45) is 0 Å². The van der Waals surface area contributed by atoms with Crippen LogP contribution < -0.4 is 5.82 Å². The van der Waals surface area contributed by atoms with Gasteiger partial charge in [-0.25, -0.2) is 4.79 Å². The maximum atomic E-state index is 11.6. The lowest BCUT2D eigenvalue weighted by Gasteiger charge is -2.32. The zero-order chi connectivity index (χ0) is 18.6. The molecular formula is C22H22ClNO3. The van der Waals surface area contributed by atoms with E-state index in [0.717, 1.165) is 38.0 Å². The van der Waals surface area contributed by atoms with E-state index in [1.165, 1.54) is 5.56 Å². The zero-order valence-electron chi connectivity index (χ0n) is 15.1. The highest BCUT2D eigenvalue weighted by Crippen LogP contribution is 2.29. The molecule has 0 amide bonds. The highest BCUT2D eigenvalue weighted by molar-refractivity contribution is 6.30. The van der Waals surface area contributed by atoms with Crippen molar-refractivity contribution >= 4 is 11.6 Å². The standard InChI is InChI=1S/C22H22ClNO3/c23-19-8-6-18(7-9-19)21-20(26-22(25)27-21)12-15-24-13-10-17(11-14-24)16-4-2-1-3-5-16/h1-9,17H,10-15H2. The maximum absolute atomic E-state index is 11.6. The number of halogens is 1. The van der Waals surface area contributed by atoms with Gasteiger partial charge in [0.2, 0.25) is 0 Å². The molecule has 1 aliphatic rings.